The molecule has 3 rings (SSSR count). The van der Waals surface area contributed by atoms with Crippen molar-refractivity contribution < 1.29 is 35.9 Å². The Kier molecular flexibility index (Phi) is 6.71. The van der Waals surface area contributed by atoms with Gasteiger partial charge in [0.1, 0.15) is 11.3 Å². The van der Waals surface area contributed by atoms with E-state index in [0.717, 1.165) is 25.1 Å². The van der Waals surface area contributed by atoms with Gasteiger partial charge >= 0.3 is 6.18 Å². The molecule has 1 N–H and O–H groups in total. The summed E-state index contributed by atoms with van der Waals surface area (Å²) in [7, 11) is -2.65. The van der Waals surface area contributed by atoms with Crippen molar-refractivity contribution >= 4 is 27.3 Å². The molecule has 2 aliphatic carbocycles. The number of nitriles is 1. The molecule has 0 heterocycles. The Morgan fingerprint density at radius 2 is 2.00 bits per heavy atom. The van der Waals surface area contributed by atoms with Crippen LogP contribution in [0, 0.1) is 17.2 Å². The number of alkyl halides is 3. The van der Waals surface area contributed by atoms with Crippen LogP contribution in [-0.4, -0.2) is 50.6 Å². The second-order valence-electron chi connectivity index (χ2n) is 8.10. The quantitative estimate of drug-likeness (QED) is 0.622. The highest BCUT2D eigenvalue weighted by atomic mass is 35.5. The zero-order chi connectivity index (χ0) is 23.9. The predicted octanol–water partition coefficient (Wildman–Crippen LogP) is 3.41. The van der Waals surface area contributed by atoms with Crippen LogP contribution in [0.1, 0.15) is 32.6 Å². The maximum atomic E-state index is 13.2. The van der Waals surface area contributed by atoms with Gasteiger partial charge < -0.3 is 14.8 Å². The maximum Gasteiger partial charge on any atom is 0.425 e. The molecule has 0 spiro atoms. The van der Waals surface area contributed by atoms with Gasteiger partial charge in [-0.2, -0.15) is 18.4 Å². The Morgan fingerprint density at radius 1 is 1.34 bits per heavy atom. The Balaban J connectivity index is 1.77. The first-order valence-electron chi connectivity index (χ1n) is 9.86. The highest BCUT2D eigenvalue weighted by Gasteiger charge is 2.50. The first-order chi connectivity index (χ1) is 14.8. The van der Waals surface area contributed by atoms with Crippen molar-refractivity contribution in [2.24, 2.45) is 5.92 Å². The van der Waals surface area contributed by atoms with Gasteiger partial charge in [-0.15, -0.1) is 0 Å². The van der Waals surface area contributed by atoms with E-state index in [1.165, 1.54) is 7.11 Å². The third-order valence-electron chi connectivity index (χ3n) is 5.85. The molecule has 2 fully saturated rings. The van der Waals surface area contributed by atoms with E-state index in [-0.39, 0.29) is 28.5 Å². The molecule has 176 valence electrons. The van der Waals surface area contributed by atoms with Gasteiger partial charge in [0.05, 0.1) is 33.3 Å². The Bertz CT molecular complexity index is 1040. The minimum atomic E-state index is -4.59. The van der Waals surface area contributed by atoms with Crippen molar-refractivity contribution in [1.29, 1.82) is 5.26 Å². The van der Waals surface area contributed by atoms with Crippen LogP contribution in [0.4, 0.5) is 13.2 Å². The van der Waals surface area contributed by atoms with Gasteiger partial charge in [-0.05, 0) is 44.7 Å². The molecule has 0 bridgehead atoms. The average Bonchev–Trinajstić information content (AvgIpc) is 3.33. The van der Waals surface area contributed by atoms with Gasteiger partial charge in [-0.25, -0.2) is 8.42 Å². The second-order valence-corrected chi connectivity index (χ2v) is 10.7. The Morgan fingerprint density at radius 3 is 2.50 bits per heavy atom. The maximum absolute atomic E-state index is 13.2. The van der Waals surface area contributed by atoms with Gasteiger partial charge in [0.2, 0.25) is 5.91 Å². The minimum Gasteiger partial charge on any atom is -0.481 e. The van der Waals surface area contributed by atoms with Crippen molar-refractivity contribution in [3.63, 3.8) is 0 Å². The minimum absolute atomic E-state index is 0.0339. The van der Waals surface area contributed by atoms with Crippen molar-refractivity contribution in [2.75, 3.05) is 7.11 Å². The Labute approximate surface area is 188 Å². The van der Waals surface area contributed by atoms with Crippen molar-refractivity contribution in [3.05, 3.63) is 23.2 Å². The van der Waals surface area contributed by atoms with Crippen molar-refractivity contribution in [3.8, 4) is 11.8 Å². The van der Waals surface area contributed by atoms with E-state index in [1.807, 2.05) is 0 Å². The van der Waals surface area contributed by atoms with E-state index in [2.05, 4.69) is 11.4 Å². The fourth-order valence-electron chi connectivity index (χ4n) is 3.70. The molecular formula is C20H22ClF3N2O5S. The molecule has 1 aromatic carbocycles. The summed E-state index contributed by atoms with van der Waals surface area (Å²) in [5, 5.41) is 10.6. The number of carbonyl (C=O) groups excluding carboxylic acids is 1. The zero-order valence-electron chi connectivity index (χ0n) is 17.3. The van der Waals surface area contributed by atoms with Crippen LogP contribution in [0.2, 0.25) is 5.02 Å². The normalized spacial score (nSPS) is 25.6. The lowest BCUT2D eigenvalue weighted by Gasteiger charge is -2.19. The summed E-state index contributed by atoms with van der Waals surface area (Å²) in [5.41, 5.74) is -0.890. The largest absolute Gasteiger partial charge is 0.481 e. The van der Waals surface area contributed by atoms with Crippen LogP contribution in [0.15, 0.2) is 23.1 Å². The first kappa shape index (κ1) is 24.6. The topological polar surface area (TPSA) is 105 Å². The number of ether oxygens (including phenoxy) is 2. The molecule has 1 amide bonds. The summed E-state index contributed by atoms with van der Waals surface area (Å²) >= 11 is 6.09. The van der Waals surface area contributed by atoms with Gasteiger partial charge in [-0.1, -0.05) is 11.6 Å². The molecule has 2 saturated carbocycles. The number of hydrogen-bond acceptors (Lipinski definition) is 6. The lowest BCUT2D eigenvalue weighted by Crippen LogP contribution is -2.42. The molecule has 0 radical (unpaired) electrons. The second kappa shape index (κ2) is 8.72. The summed E-state index contributed by atoms with van der Waals surface area (Å²) in [4.78, 5) is 12.4. The van der Waals surface area contributed by atoms with Crippen molar-refractivity contribution in [1.82, 2.24) is 5.32 Å². The van der Waals surface area contributed by atoms with E-state index in [1.54, 1.807) is 0 Å². The van der Waals surface area contributed by atoms with Gasteiger partial charge in [0, 0.05) is 13.2 Å². The number of nitrogens with one attached hydrogen (secondary N) is 1. The van der Waals surface area contributed by atoms with E-state index >= 15 is 0 Å². The molecule has 12 heteroatoms. The number of rotatable bonds is 7. The zero-order valence-corrected chi connectivity index (χ0v) is 18.9. The van der Waals surface area contributed by atoms with Crippen LogP contribution in [0.25, 0.3) is 0 Å². The van der Waals surface area contributed by atoms with Crippen LogP contribution in [0.5, 0.6) is 5.75 Å². The lowest BCUT2D eigenvalue weighted by molar-refractivity contribution is -0.189. The highest BCUT2D eigenvalue weighted by Crippen LogP contribution is 2.40. The summed E-state index contributed by atoms with van der Waals surface area (Å²) in [6.07, 6.45) is -6.27. The van der Waals surface area contributed by atoms with Crippen molar-refractivity contribution in [2.45, 2.75) is 66.7 Å². The number of amides is 1. The van der Waals surface area contributed by atoms with E-state index in [4.69, 9.17) is 21.1 Å². The molecule has 0 aromatic heterocycles. The monoisotopic (exact) mass is 494 g/mol. The third-order valence-corrected chi connectivity index (χ3v) is 8.51. The van der Waals surface area contributed by atoms with Gasteiger partial charge in [0.15, 0.2) is 15.9 Å². The molecular weight excluding hydrogens is 473 g/mol. The number of methoxy groups -OCH3 is 1. The molecule has 4 atom stereocenters. The van der Waals surface area contributed by atoms with Gasteiger partial charge in [-0.3, -0.25) is 4.79 Å². The molecule has 4 unspecified atom stereocenters. The van der Waals surface area contributed by atoms with E-state index in [9.17, 15) is 31.6 Å². The van der Waals surface area contributed by atoms with E-state index in [0.29, 0.717) is 12.8 Å². The number of sulfone groups is 1. The van der Waals surface area contributed by atoms with Crippen LogP contribution < -0.4 is 10.1 Å². The van der Waals surface area contributed by atoms with Gasteiger partial charge in [0.25, 0.3) is 0 Å². The average molecular weight is 495 g/mol. The van der Waals surface area contributed by atoms with Crippen LogP contribution in [-0.2, 0) is 19.4 Å². The number of nitrogens with zero attached hydrogens (tertiary/aromatic N) is 1. The number of halogens is 4. The SMILES string of the molecule is COC1CC(S(=O)(=O)c2ccc(OC(C)C(F)(F)F)cc2Cl)CC1C(=O)NC1(C#N)CC1. The summed E-state index contributed by atoms with van der Waals surface area (Å²) in [6, 6.07) is 5.28. The molecule has 7 nitrogen and oxygen atoms in total. The van der Waals surface area contributed by atoms with Crippen LogP contribution in [0.3, 0.4) is 0 Å². The third kappa shape index (κ3) is 4.97. The highest BCUT2D eigenvalue weighted by molar-refractivity contribution is 7.92. The predicted molar refractivity (Wildman–Crippen MR) is 108 cm³/mol. The summed E-state index contributed by atoms with van der Waals surface area (Å²) < 4.78 is 74.6. The number of benzene rings is 1. The summed E-state index contributed by atoms with van der Waals surface area (Å²) in [5.74, 6) is -1.42. The van der Waals surface area contributed by atoms with E-state index < -0.39 is 50.8 Å². The fraction of sp³-hybridized carbons (Fsp3) is 0.600. The smallest absolute Gasteiger partial charge is 0.425 e. The number of hydrogen-bond donors (Lipinski definition) is 1. The first-order valence-corrected chi connectivity index (χ1v) is 11.8. The lowest BCUT2D eigenvalue weighted by atomic mass is 10.0. The van der Waals surface area contributed by atoms with Crippen LogP contribution >= 0.6 is 11.6 Å². The standard InChI is InChI=1S/C20H22ClF3N2O5S/c1-11(20(22,23)24)31-12-3-4-17(15(21)7-12)32(28,29)13-8-14(16(9-13)30-2)18(27)26-19(10-25)5-6-19/h3-4,7,11,13-14,16H,5-6,8-9H2,1-2H3,(H,26,27). The number of carbonyl (C=O) groups is 1. The molecule has 0 saturated heterocycles. The molecule has 1 aromatic rings. The fourth-order valence-corrected chi connectivity index (χ4v) is 6.04. The molecule has 2 aliphatic rings. The molecule has 32 heavy (non-hydrogen) atoms. The Hall–Kier alpha value is -2.03. The molecule has 0 aliphatic heterocycles. The summed E-state index contributed by atoms with van der Waals surface area (Å²) in [6.45, 7) is 0.825.